The Hall–Kier alpha value is -2.94. The molecule has 2 aromatic rings. The number of carbonyl (C=O) groups excluding carboxylic acids is 1. The molecule has 1 amide bonds. The third kappa shape index (κ3) is 1.83. The summed E-state index contributed by atoms with van der Waals surface area (Å²) in [6, 6.07) is 8.60. The standard InChI is InChI=1S/C16H10F2N2O2/c1-22-13-7-6-10(18)14-12(8-19)20(16(21)15(13)14)11-5-3-2-4-9(11)17/h2-7,12H,1H3. The number of methoxy groups -OCH3 is 1. The second kappa shape index (κ2) is 5.11. The Balaban J connectivity index is 2.26. The first-order chi connectivity index (χ1) is 10.6. The van der Waals surface area contributed by atoms with Gasteiger partial charge in [0.25, 0.3) is 5.91 Å². The van der Waals surface area contributed by atoms with Crippen LogP contribution >= 0.6 is 0 Å². The van der Waals surface area contributed by atoms with E-state index in [1.54, 1.807) is 0 Å². The number of para-hydroxylation sites is 1. The number of carbonyl (C=O) groups is 1. The van der Waals surface area contributed by atoms with Crippen LogP contribution in [0.2, 0.25) is 0 Å². The second-order valence-electron chi connectivity index (χ2n) is 4.70. The number of fused-ring (bicyclic) bond motifs is 1. The van der Waals surface area contributed by atoms with E-state index in [4.69, 9.17) is 4.74 Å². The van der Waals surface area contributed by atoms with Gasteiger partial charge in [0.15, 0.2) is 6.04 Å². The van der Waals surface area contributed by atoms with Gasteiger partial charge in [-0.2, -0.15) is 5.26 Å². The number of hydrogen-bond acceptors (Lipinski definition) is 3. The number of amides is 1. The third-order valence-corrected chi connectivity index (χ3v) is 3.57. The SMILES string of the molecule is COc1ccc(F)c2c1C(=O)N(c1ccccc1F)C2C#N. The zero-order valence-corrected chi connectivity index (χ0v) is 11.5. The predicted molar refractivity (Wildman–Crippen MR) is 74.5 cm³/mol. The fourth-order valence-electron chi connectivity index (χ4n) is 2.62. The smallest absolute Gasteiger partial charge is 0.264 e. The molecule has 0 radical (unpaired) electrons. The average Bonchev–Trinajstić information content (AvgIpc) is 2.82. The lowest BCUT2D eigenvalue weighted by atomic mass is 10.0. The molecule has 3 rings (SSSR count). The number of hydrogen-bond donors (Lipinski definition) is 0. The van der Waals surface area contributed by atoms with Crippen LogP contribution in [0, 0.1) is 23.0 Å². The molecule has 0 aromatic heterocycles. The monoisotopic (exact) mass is 300 g/mol. The van der Waals surface area contributed by atoms with Gasteiger partial charge in [0.05, 0.1) is 24.4 Å². The van der Waals surface area contributed by atoms with Crippen molar-refractivity contribution in [2.45, 2.75) is 6.04 Å². The van der Waals surface area contributed by atoms with Crippen LogP contribution in [0.25, 0.3) is 0 Å². The number of rotatable bonds is 2. The van der Waals surface area contributed by atoms with E-state index in [1.165, 1.54) is 37.4 Å². The molecule has 1 aliphatic rings. The van der Waals surface area contributed by atoms with Crippen molar-refractivity contribution in [3.05, 3.63) is 59.2 Å². The highest BCUT2D eigenvalue weighted by Gasteiger charge is 2.43. The molecule has 0 bridgehead atoms. The van der Waals surface area contributed by atoms with Gasteiger partial charge in [-0.15, -0.1) is 0 Å². The van der Waals surface area contributed by atoms with Crippen LogP contribution < -0.4 is 9.64 Å². The highest BCUT2D eigenvalue weighted by Crippen LogP contribution is 2.42. The Morgan fingerprint density at radius 2 is 1.91 bits per heavy atom. The summed E-state index contributed by atoms with van der Waals surface area (Å²) < 4.78 is 33.2. The molecule has 1 unspecified atom stereocenters. The first-order valence-corrected chi connectivity index (χ1v) is 6.44. The Bertz CT molecular complexity index is 814. The summed E-state index contributed by atoms with van der Waals surface area (Å²) in [5.41, 5.74) is -0.205. The van der Waals surface area contributed by atoms with Crippen LogP contribution in [-0.2, 0) is 0 Å². The van der Waals surface area contributed by atoms with Crippen molar-refractivity contribution in [3.63, 3.8) is 0 Å². The molecule has 110 valence electrons. The molecule has 0 N–H and O–H groups in total. The van der Waals surface area contributed by atoms with Gasteiger partial charge < -0.3 is 4.74 Å². The molecular formula is C16H10F2N2O2. The van der Waals surface area contributed by atoms with Gasteiger partial charge >= 0.3 is 0 Å². The number of anilines is 1. The Morgan fingerprint density at radius 3 is 2.55 bits per heavy atom. The number of ether oxygens (including phenoxy) is 1. The van der Waals surface area contributed by atoms with E-state index in [2.05, 4.69) is 0 Å². The van der Waals surface area contributed by atoms with Gasteiger partial charge in [-0.3, -0.25) is 9.69 Å². The van der Waals surface area contributed by atoms with Crippen molar-refractivity contribution in [1.29, 1.82) is 5.26 Å². The predicted octanol–water partition coefficient (Wildman–Crippen LogP) is 3.20. The van der Waals surface area contributed by atoms with Gasteiger partial charge in [-0.1, -0.05) is 12.1 Å². The first kappa shape index (κ1) is 14.0. The van der Waals surface area contributed by atoms with E-state index in [0.717, 1.165) is 11.0 Å². The topological polar surface area (TPSA) is 53.3 Å². The molecule has 0 spiro atoms. The van der Waals surface area contributed by atoms with Crippen LogP contribution in [0.3, 0.4) is 0 Å². The fourth-order valence-corrected chi connectivity index (χ4v) is 2.62. The molecule has 1 heterocycles. The summed E-state index contributed by atoms with van der Waals surface area (Å²) in [5, 5.41) is 9.37. The summed E-state index contributed by atoms with van der Waals surface area (Å²) in [6.45, 7) is 0. The van der Waals surface area contributed by atoms with E-state index in [1.807, 2.05) is 6.07 Å². The molecule has 0 fully saturated rings. The zero-order valence-electron chi connectivity index (χ0n) is 11.5. The molecule has 22 heavy (non-hydrogen) atoms. The van der Waals surface area contributed by atoms with E-state index < -0.39 is 23.6 Å². The maximum atomic E-state index is 14.1. The Labute approximate surface area is 125 Å². The maximum absolute atomic E-state index is 14.1. The van der Waals surface area contributed by atoms with Crippen LogP contribution in [0.4, 0.5) is 14.5 Å². The van der Waals surface area contributed by atoms with Gasteiger partial charge in [-0.25, -0.2) is 8.78 Å². The number of nitriles is 1. The Morgan fingerprint density at radius 1 is 1.18 bits per heavy atom. The second-order valence-corrected chi connectivity index (χ2v) is 4.70. The van der Waals surface area contributed by atoms with Crippen LogP contribution in [0.1, 0.15) is 22.0 Å². The van der Waals surface area contributed by atoms with E-state index in [0.29, 0.717) is 0 Å². The summed E-state index contributed by atoms with van der Waals surface area (Å²) in [5.74, 6) is -1.87. The summed E-state index contributed by atoms with van der Waals surface area (Å²) in [6.07, 6.45) is 0. The van der Waals surface area contributed by atoms with Crippen molar-refractivity contribution in [3.8, 4) is 11.8 Å². The van der Waals surface area contributed by atoms with Gasteiger partial charge in [0, 0.05) is 5.56 Å². The molecule has 2 aromatic carbocycles. The van der Waals surface area contributed by atoms with Gasteiger partial charge in [0.2, 0.25) is 0 Å². The maximum Gasteiger partial charge on any atom is 0.264 e. The van der Waals surface area contributed by atoms with Gasteiger partial charge in [-0.05, 0) is 24.3 Å². The van der Waals surface area contributed by atoms with Crippen molar-refractivity contribution >= 4 is 11.6 Å². The normalized spacial score (nSPS) is 16.4. The van der Waals surface area contributed by atoms with Crippen molar-refractivity contribution in [2.75, 3.05) is 12.0 Å². The number of halogens is 2. The largest absolute Gasteiger partial charge is 0.496 e. The summed E-state index contributed by atoms with van der Waals surface area (Å²) in [7, 11) is 1.34. The number of nitrogens with zero attached hydrogens (tertiary/aromatic N) is 2. The molecule has 6 heteroatoms. The molecule has 1 atom stereocenters. The van der Waals surface area contributed by atoms with Crippen molar-refractivity contribution in [1.82, 2.24) is 0 Å². The quantitative estimate of drug-likeness (QED) is 0.856. The summed E-state index contributed by atoms with van der Waals surface area (Å²) >= 11 is 0. The van der Waals surface area contributed by atoms with Crippen molar-refractivity contribution in [2.24, 2.45) is 0 Å². The number of benzene rings is 2. The lowest BCUT2D eigenvalue weighted by Gasteiger charge is -2.20. The van der Waals surface area contributed by atoms with E-state index in [-0.39, 0.29) is 22.6 Å². The lowest BCUT2D eigenvalue weighted by molar-refractivity contribution is 0.0991. The third-order valence-electron chi connectivity index (χ3n) is 3.57. The highest BCUT2D eigenvalue weighted by molar-refractivity contribution is 6.13. The molecule has 0 saturated carbocycles. The molecule has 0 aliphatic carbocycles. The fraction of sp³-hybridized carbons (Fsp3) is 0.125. The first-order valence-electron chi connectivity index (χ1n) is 6.44. The van der Waals surface area contributed by atoms with Gasteiger partial charge in [0.1, 0.15) is 17.4 Å². The van der Waals surface area contributed by atoms with E-state index in [9.17, 15) is 18.8 Å². The highest BCUT2D eigenvalue weighted by atomic mass is 19.1. The summed E-state index contributed by atoms with van der Waals surface area (Å²) in [4.78, 5) is 13.6. The Kier molecular flexibility index (Phi) is 3.26. The average molecular weight is 300 g/mol. The molecule has 1 aliphatic heterocycles. The van der Waals surface area contributed by atoms with Crippen molar-refractivity contribution < 1.29 is 18.3 Å². The zero-order chi connectivity index (χ0) is 15.9. The van der Waals surface area contributed by atoms with Crippen LogP contribution in [0.15, 0.2) is 36.4 Å². The molecule has 4 nitrogen and oxygen atoms in total. The minimum atomic E-state index is -1.24. The minimum Gasteiger partial charge on any atom is -0.496 e. The van der Waals surface area contributed by atoms with E-state index >= 15 is 0 Å². The molecular weight excluding hydrogens is 290 g/mol. The van der Waals surface area contributed by atoms with Crippen LogP contribution in [-0.4, -0.2) is 13.0 Å². The van der Waals surface area contributed by atoms with Crippen LogP contribution in [0.5, 0.6) is 5.75 Å². The minimum absolute atomic E-state index is 0.0442. The molecule has 0 saturated heterocycles. The lowest BCUT2D eigenvalue weighted by Crippen LogP contribution is -2.28.